The van der Waals surface area contributed by atoms with Crippen LogP contribution in [0.25, 0.3) is 6.08 Å². The van der Waals surface area contributed by atoms with Gasteiger partial charge in [-0.25, -0.2) is 0 Å². The molecule has 2 aliphatic rings. The number of carbonyl (C=O) groups is 1. The SMILES string of the molecule is COc1cccc(CCN(C)CCCN(C(=O)C/C=C/c2ccc3c(c2)OCO3)C2CCCC2)c1. The van der Waals surface area contributed by atoms with E-state index < -0.39 is 0 Å². The van der Waals surface area contributed by atoms with Crippen molar-refractivity contribution in [1.29, 1.82) is 0 Å². The molecular weight excluding hydrogens is 440 g/mol. The number of ether oxygens (including phenoxy) is 3. The maximum Gasteiger partial charge on any atom is 0.231 e. The molecule has 4 rings (SSSR count). The molecule has 188 valence electrons. The fourth-order valence-corrected chi connectivity index (χ4v) is 4.93. The Bertz CT molecular complexity index is 1000. The smallest absolute Gasteiger partial charge is 0.231 e. The number of nitrogens with zero attached hydrogens (tertiary/aromatic N) is 2. The molecule has 0 bridgehead atoms. The fraction of sp³-hybridized carbons (Fsp3) is 0.483. The first-order valence-corrected chi connectivity index (χ1v) is 12.8. The highest BCUT2D eigenvalue weighted by Crippen LogP contribution is 2.33. The van der Waals surface area contributed by atoms with E-state index in [1.807, 2.05) is 42.5 Å². The zero-order chi connectivity index (χ0) is 24.5. The number of likely N-dealkylation sites (N-methyl/N-ethyl adjacent to an activating group) is 1. The molecule has 1 fully saturated rings. The molecule has 0 aromatic heterocycles. The van der Waals surface area contributed by atoms with Gasteiger partial charge < -0.3 is 24.0 Å². The summed E-state index contributed by atoms with van der Waals surface area (Å²) in [5.41, 5.74) is 2.31. The second-order valence-corrected chi connectivity index (χ2v) is 9.50. The zero-order valence-electron chi connectivity index (χ0n) is 21.1. The third kappa shape index (κ3) is 7.25. The van der Waals surface area contributed by atoms with Gasteiger partial charge in [0.2, 0.25) is 12.7 Å². The predicted octanol–water partition coefficient (Wildman–Crippen LogP) is 5.16. The Hall–Kier alpha value is -2.99. The molecule has 0 saturated heterocycles. The largest absolute Gasteiger partial charge is 0.497 e. The summed E-state index contributed by atoms with van der Waals surface area (Å²) < 4.78 is 16.1. The van der Waals surface area contributed by atoms with E-state index in [2.05, 4.69) is 29.0 Å². The van der Waals surface area contributed by atoms with Crippen LogP contribution in [0.2, 0.25) is 0 Å². The summed E-state index contributed by atoms with van der Waals surface area (Å²) in [4.78, 5) is 17.7. The Morgan fingerprint density at radius 2 is 1.89 bits per heavy atom. The second-order valence-electron chi connectivity index (χ2n) is 9.50. The highest BCUT2D eigenvalue weighted by atomic mass is 16.7. The van der Waals surface area contributed by atoms with Gasteiger partial charge >= 0.3 is 0 Å². The van der Waals surface area contributed by atoms with Crippen LogP contribution >= 0.6 is 0 Å². The topological polar surface area (TPSA) is 51.2 Å². The summed E-state index contributed by atoms with van der Waals surface area (Å²) in [6.45, 7) is 3.06. The molecule has 0 spiro atoms. The second kappa shape index (κ2) is 12.6. The molecule has 1 amide bonds. The van der Waals surface area contributed by atoms with Crippen LogP contribution in [0.1, 0.15) is 49.7 Å². The molecule has 1 aliphatic heterocycles. The van der Waals surface area contributed by atoms with Gasteiger partial charge in [0.05, 0.1) is 7.11 Å². The van der Waals surface area contributed by atoms with Gasteiger partial charge in [0.25, 0.3) is 0 Å². The lowest BCUT2D eigenvalue weighted by molar-refractivity contribution is -0.132. The zero-order valence-corrected chi connectivity index (χ0v) is 21.1. The number of fused-ring (bicyclic) bond motifs is 1. The first kappa shape index (κ1) is 25.1. The highest BCUT2D eigenvalue weighted by Gasteiger charge is 2.25. The predicted molar refractivity (Wildman–Crippen MR) is 139 cm³/mol. The molecule has 6 nitrogen and oxygen atoms in total. The van der Waals surface area contributed by atoms with Crippen LogP contribution in [0.4, 0.5) is 0 Å². The van der Waals surface area contributed by atoms with Crippen molar-refractivity contribution in [2.45, 2.75) is 51.0 Å². The fourth-order valence-electron chi connectivity index (χ4n) is 4.93. The van der Waals surface area contributed by atoms with E-state index in [-0.39, 0.29) is 12.7 Å². The lowest BCUT2D eigenvalue weighted by Gasteiger charge is -2.29. The van der Waals surface area contributed by atoms with Crippen LogP contribution in [-0.4, -0.2) is 62.3 Å². The van der Waals surface area contributed by atoms with E-state index in [1.165, 1.54) is 18.4 Å². The van der Waals surface area contributed by atoms with Crippen molar-refractivity contribution >= 4 is 12.0 Å². The summed E-state index contributed by atoms with van der Waals surface area (Å²) in [5, 5.41) is 0. The quantitative estimate of drug-likeness (QED) is 0.422. The van der Waals surface area contributed by atoms with Gasteiger partial charge in [-0.05, 0) is 74.7 Å². The summed E-state index contributed by atoms with van der Waals surface area (Å²) in [5.74, 6) is 2.68. The average Bonchev–Trinajstić information content (AvgIpc) is 3.57. The third-order valence-electron chi connectivity index (χ3n) is 6.94. The minimum absolute atomic E-state index is 0.230. The first-order chi connectivity index (χ1) is 17.1. The van der Waals surface area contributed by atoms with Crippen molar-refractivity contribution in [2.24, 2.45) is 0 Å². The molecule has 2 aromatic rings. The Morgan fingerprint density at radius 1 is 1.06 bits per heavy atom. The number of methoxy groups -OCH3 is 1. The summed E-state index contributed by atoms with van der Waals surface area (Å²) >= 11 is 0. The number of hydrogen-bond donors (Lipinski definition) is 0. The van der Waals surface area contributed by atoms with Crippen LogP contribution < -0.4 is 14.2 Å². The highest BCUT2D eigenvalue weighted by molar-refractivity contribution is 5.79. The van der Waals surface area contributed by atoms with E-state index in [0.29, 0.717) is 12.5 Å². The molecule has 1 aliphatic carbocycles. The van der Waals surface area contributed by atoms with E-state index in [4.69, 9.17) is 14.2 Å². The standard InChI is InChI=1S/C29H38N2O4/c1-30(19-16-24-8-5-12-26(20-24)33-2)17-7-18-31(25-10-3-4-11-25)29(32)13-6-9-23-14-15-27-28(21-23)35-22-34-27/h5-6,8-9,12,14-15,20-21,25H,3-4,7,10-11,13,16-19,22H2,1-2H3/b9-6+. The van der Waals surface area contributed by atoms with Crippen LogP contribution in [0.5, 0.6) is 17.2 Å². The van der Waals surface area contributed by atoms with Crippen LogP contribution in [0.15, 0.2) is 48.5 Å². The maximum atomic E-state index is 13.2. The van der Waals surface area contributed by atoms with Gasteiger partial charge in [-0.15, -0.1) is 0 Å². The summed E-state index contributed by atoms with van der Waals surface area (Å²) in [6, 6.07) is 14.5. The van der Waals surface area contributed by atoms with Gasteiger partial charge in [-0.2, -0.15) is 0 Å². The summed E-state index contributed by atoms with van der Waals surface area (Å²) in [6.07, 6.45) is 11.1. The number of hydrogen-bond acceptors (Lipinski definition) is 5. The molecule has 35 heavy (non-hydrogen) atoms. The normalized spacial score (nSPS) is 15.3. The minimum Gasteiger partial charge on any atom is -0.497 e. The third-order valence-corrected chi connectivity index (χ3v) is 6.94. The Balaban J connectivity index is 1.24. The lowest BCUT2D eigenvalue weighted by Crippen LogP contribution is -2.40. The van der Waals surface area contributed by atoms with E-state index in [9.17, 15) is 4.79 Å². The van der Waals surface area contributed by atoms with Crippen molar-refractivity contribution in [2.75, 3.05) is 40.6 Å². The molecule has 0 N–H and O–H groups in total. The van der Waals surface area contributed by atoms with E-state index >= 15 is 0 Å². The molecule has 1 saturated carbocycles. The van der Waals surface area contributed by atoms with Crippen molar-refractivity contribution in [3.63, 3.8) is 0 Å². The number of rotatable bonds is 12. The Kier molecular flexibility index (Phi) is 9.07. The molecule has 0 radical (unpaired) electrons. The Labute approximate surface area is 209 Å². The number of carbonyl (C=O) groups excluding carboxylic acids is 1. The maximum absolute atomic E-state index is 13.2. The molecule has 1 heterocycles. The van der Waals surface area contributed by atoms with Crippen LogP contribution in [0, 0.1) is 0 Å². The molecule has 2 aromatic carbocycles. The van der Waals surface area contributed by atoms with Gasteiger partial charge in [0.1, 0.15) is 5.75 Å². The van der Waals surface area contributed by atoms with Crippen LogP contribution in [-0.2, 0) is 11.2 Å². The monoisotopic (exact) mass is 478 g/mol. The van der Waals surface area contributed by atoms with Gasteiger partial charge in [-0.3, -0.25) is 4.79 Å². The molecular formula is C29H38N2O4. The van der Waals surface area contributed by atoms with Crippen molar-refractivity contribution in [1.82, 2.24) is 9.80 Å². The molecule has 0 atom stereocenters. The van der Waals surface area contributed by atoms with Gasteiger partial charge in [0.15, 0.2) is 11.5 Å². The number of benzene rings is 2. The first-order valence-electron chi connectivity index (χ1n) is 12.8. The molecule has 6 heteroatoms. The molecule has 0 unspecified atom stereocenters. The summed E-state index contributed by atoms with van der Waals surface area (Å²) in [7, 11) is 3.87. The van der Waals surface area contributed by atoms with E-state index in [0.717, 1.165) is 68.1 Å². The van der Waals surface area contributed by atoms with Gasteiger partial charge in [-0.1, -0.05) is 43.2 Å². The van der Waals surface area contributed by atoms with Crippen molar-refractivity contribution in [3.8, 4) is 17.2 Å². The van der Waals surface area contributed by atoms with Crippen molar-refractivity contribution in [3.05, 3.63) is 59.7 Å². The Morgan fingerprint density at radius 3 is 2.71 bits per heavy atom. The van der Waals surface area contributed by atoms with Crippen molar-refractivity contribution < 1.29 is 19.0 Å². The van der Waals surface area contributed by atoms with Crippen LogP contribution in [0.3, 0.4) is 0 Å². The average molecular weight is 479 g/mol. The lowest BCUT2D eigenvalue weighted by atomic mass is 10.1. The van der Waals surface area contributed by atoms with E-state index in [1.54, 1.807) is 7.11 Å². The number of amides is 1. The van der Waals surface area contributed by atoms with Gasteiger partial charge in [0, 0.05) is 25.6 Å². The minimum atomic E-state index is 0.230.